The van der Waals surface area contributed by atoms with Crippen molar-refractivity contribution >= 4 is 10.0 Å². The van der Waals surface area contributed by atoms with Gasteiger partial charge in [-0.25, -0.2) is 13.1 Å². The van der Waals surface area contributed by atoms with Crippen molar-refractivity contribution in [3.05, 3.63) is 29.8 Å². The summed E-state index contributed by atoms with van der Waals surface area (Å²) < 4.78 is 27.9. The molecule has 1 N–H and O–H groups in total. The summed E-state index contributed by atoms with van der Waals surface area (Å²) in [6.07, 6.45) is 8.20. The minimum absolute atomic E-state index is 0.0371. The fourth-order valence-electron chi connectivity index (χ4n) is 4.00. The highest BCUT2D eigenvalue weighted by atomic mass is 32.2. The van der Waals surface area contributed by atoms with Crippen molar-refractivity contribution in [2.24, 2.45) is 11.8 Å². The number of hydrogen-bond donors (Lipinski definition) is 1. The van der Waals surface area contributed by atoms with Crippen molar-refractivity contribution in [2.75, 3.05) is 0 Å². The second kappa shape index (κ2) is 6.39. The Labute approximate surface area is 132 Å². The lowest BCUT2D eigenvalue weighted by molar-refractivity contribution is 0.152. The predicted molar refractivity (Wildman–Crippen MR) is 84.6 cm³/mol. The van der Waals surface area contributed by atoms with Gasteiger partial charge in [-0.2, -0.15) is 5.26 Å². The van der Waals surface area contributed by atoms with E-state index >= 15 is 0 Å². The fourth-order valence-corrected chi connectivity index (χ4v) is 5.33. The van der Waals surface area contributed by atoms with Crippen LogP contribution < -0.4 is 4.72 Å². The minimum atomic E-state index is -3.53. The van der Waals surface area contributed by atoms with Gasteiger partial charge in [0.05, 0.1) is 16.5 Å². The maximum Gasteiger partial charge on any atom is 0.240 e. The quantitative estimate of drug-likeness (QED) is 0.930. The molecule has 0 unspecified atom stereocenters. The average molecular weight is 318 g/mol. The van der Waals surface area contributed by atoms with E-state index in [2.05, 4.69) is 4.72 Å². The zero-order valence-corrected chi connectivity index (χ0v) is 13.5. The lowest BCUT2D eigenvalue weighted by Gasteiger charge is -2.39. The molecule has 3 rings (SSSR count). The van der Waals surface area contributed by atoms with Gasteiger partial charge < -0.3 is 0 Å². The summed E-state index contributed by atoms with van der Waals surface area (Å²) in [5.41, 5.74) is 0.374. The topological polar surface area (TPSA) is 70.0 Å². The van der Waals surface area contributed by atoms with Crippen molar-refractivity contribution in [1.82, 2.24) is 4.72 Å². The van der Waals surface area contributed by atoms with E-state index in [0.29, 0.717) is 11.5 Å². The van der Waals surface area contributed by atoms with Crippen molar-refractivity contribution in [2.45, 2.75) is 55.9 Å². The van der Waals surface area contributed by atoms with E-state index in [0.717, 1.165) is 25.2 Å². The molecule has 118 valence electrons. The molecule has 0 spiro atoms. The number of benzene rings is 1. The van der Waals surface area contributed by atoms with E-state index in [9.17, 15) is 8.42 Å². The molecule has 0 heterocycles. The number of sulfonamides is 1. The Hall–Kier alpha value is -1.38. The van der Waals surface area contributed by atoms with Crippen molar-refractivity contribution in [3.8, 4) is 6.07 Å². The van der Waals surface area contributed by atoms with Crippen LogP contribution in [0.5, 0.6) is 0 Å². The number of hydrogen-bond acceptors (Lipinski definition) is 3. The van der Waals surface area contributed by atoms with Gasteiger partial charge in [0.15, 0.2) is 0 Å². The molecule has 5 heteroatoms. The smallest absolute Gasteiger partial charge is 0.208 e. The van der Waals surface area contributed by atoms with Crippen LogP contribution in [0.3, 0.4) is 0 Å². The third-order valence-electron chi connectivity index (χ3n) is 5.13. The van der Waals surface area contributed by atoms with Gasteiger partial charge in [-0.3, -0.25) is 0 Å². The van der Waals surface area contributed by atoms with Gasteiger partial charge in [0.2, 0.25) is 10.0 Å². The van der Waals surface area contributed by atoms with Crippen LogP contribution in [0.25, 0.3) is 0 Å². The van der Waals surface area contributed by atoms with Gasteiger partial charge >= 0.3 is 0 Å². The number of nitrogens with zero attached hydrogens (tertiary/aromatic N) is 1. The van der Waals surface area contributed by atoms with Crippen LogP contribution in [0.15, 0.2) is 29.2 Å². The van der Waals surface area contributed by atoms with Gasteiger partial charge in [-0.05, 0) is 49.3 Å². The Kier molecular flexibility index (Phi) is 4.51. The van der Waals surface area contributed by atoms with Crippen LogP contribution >= 0.6 is 0 Å². The van der Waals surface area contributed by atoms with Gasteiger partial charge in [-0.15, -0.1) is 0 Å². The summed E-state index contributed by atoms with van der Waals surface area (Å²) in [6.45, 7) is 0. The highest BCUT2D eigenvalue weighted by Gasteiger charge is 2.33. The molecule has 2 fully saturated rings. The maximum absolute atomic E-state index is 12.5. The van der Waals surface area contributed by atoms with E-state index < -0.39 is 10.0 Å². The fraction of sp³-hybridized carbons (Fsp3) is 0.588. The Morgan fingerprint density at radius 3 is 2.64 bits per heavy atom. The van der Waals surface area contributed by atoms with Gasteiger partial charge in [0.1, 0.15) is 0 Å². The lowest BCUT2D eigenvalue weighted by atomic mass is 9.70. The molecule has 0 aliphatic heterocycles. The summed E-state index contributed by atoms with van der Waals surface area (Å²) in [6, 6.07) is 8.25. The van der Waals surface area contributed by atoms with Crippen LogP contribution in [0.1, 0.15) is 50.5 Å². The first kappa shape index (κ1) is 15.5. The summed E-state index contributed by atoms with van der Waals surface area (Å²) in [7, 11) is -3.53. The summed E-state index contributed by atoms with van der Waals surface area (Å²) >= 11 is 0. The Balaban J connectivity index is 1.70. The van der Waals surface area contributed by atoms with Gasteiger partial charge in [0, 0.05) is 6.04 Å². The standard InChI is InChI=1S/C17H22N2O2S/c18-12-13-4-3-7-17(10-13)22(20,21)19-16-9-8-14-5-1-2-6-15(14)11-16/h3-4,7,10,14-16,19H,1-2,5-6,8-9,11H2/t14-,15-,16+/m0/s1. The third kappa shape index (κ3) is 3.34. The van der Waals surface area contributed by atoms with Gasteiger partial charge in [-0.1, -0.05) is 31.7 Å². The number of nitriles is 1. The molecule has 22 heavy (non-hydrogen) atoms. The normalized spacial score (nSPS) is 28.6. The molecular weight excluding hydrogens is 296 g/mol. The van der Waals surface area contributed by atoms with E-state index in [1.165, 1.54) is 31.7 Å². The van der Waals surface area contributed by atoms with Crippen LogP contribution in [-0.4, -0.2) is 14.5 Å². The van der Waals surface area contributed by atoms with Crippen molar-refractivity contribution in [3.63, 3.8) is 0 Å². The molecule has 3 atom stereocenters. The molecule has 1 aromatic rings. The number of rotatable bonds is 3. The number of fused-ring (bicyclic) bond motifs is 1. The van der Waals surface area contributed by atoms with E-state index in [-0.39, 0.29) is 10.9 Å². The number of nitrogens with one attached hydrogen (secondary N) is 1. The maximum atomic E-state index is 12.5. The molecule has 0 saturated heterocycles. The molecule has 0 radical (unpaired) electrons. The largest absolute Gasteiger partial charge is 0.240 e. The highest BCUT2D eigenvalue weighted by Crippen LogP contribution is 2.40. The highest BCUT2D eigenvalue weighted by molar-refractivity contribution is 7.89. The Morgan fingerprint density at radius 1 is 1.09 bits per heavy atom. The van der Waals surface area contributed by atoms with E-state index in [1.807, 2.05) is 6.07 Å². The second-order valence-corrected chi connectivity index (χ2v) is 8.29. The molecule has 4 nitrogen and oxygen atoms in total. The zero-order valence-electron chi connectivity index (χ0n) is 12.7. The van der Waals surface area contributed by atoms with Crippen LogP contribution in [0.2, 0.25) is 0 Å². The van der Waals surface area contributed by atoms with Crippen LogP contribution in [0.4, 0.5) is 0 Å². The first-order valence-electron chi connectivity index (χ1n) is 8.11. The molecule has 0 aromatic heterocycles. The lowest BCUT2D eigenvalue weighted by Crippen LogP contribution is -2.41. The second-order valence-electron chi connectivity index (χ2n) is 6.58. The van der Waals surface area contributed by atoms with Crippen molar-refractivity contribution in [1.29, 1.82) is 5.26 Å². The SMILES string of the molecule is N#Cc1cccc(S(=O)(=O)N[C@@H]2CC[C@@H]3CCCC[C@H]3C2)c1. The molecule has 0 bridgehead atoms. The summed E-state index contributed by atoms with van der Waals surface area (Å²) in [4.78, 5) is 0.192. The molecule has 1 aromatic carbocycles. The summed E-state index contributed by atoms with van der Waals surface area (Å²) in [5.74, 6) is 1.48. The first-order chi connectivity index (χ1) is 10.6. The predicted octanol–water partition coefficient (Wildman–Crippen LogP) is 3.20. The van der Waals surface area contributed by atoms with Crippen LogP contribution in [0, 0.1) is 23.2 Å². The Bertz CT molecular complexity index is 678. The molecule has 0 amide bonds. The molecule has 2 saturated carbocycles. The van der Waals surface area contributed by atoms with E-state index in [4.69, 9.17) is 5.26 Å². The average Bonchev–Trinajstić information content (AvgIpc) is 2.54. The van der Waals surface area contributed by atoms with Gasteiger partial charge in [0.25, 0.3) is 0 Å². The van der Waals surface area contributed by atoms with Crippen molar-refractivity contribution < 1.29 is 8.42 Å². The monoisotopic (exact) mass is 318 g/mol. The molecule has 2 aliphatic carbocycles. The van der Waals surface area contributed by atoms with Crippen LogP contribution in [-0.2, 0) is 10.0 Å². The van der Waals surface area contributed by atoms with E-state index in [1.54, 1.807) is 18.2 Å². The zero-order chi connectivity index (χ0) is 15.6. The molecular formula is C17H22N2O2S. The molecule has 2 aliphatic rings. The third-order valence-corrected chi connectivity index (χ3v) is 6.65. The minimum Gasteiger partial charge on any atom is -0.208 e. The Morgan fingerprint density at radius 2 is 1.86 bits per heavy atom. The first-order valence-corrected chi connectivity index (χ1v) is 9.59. The summed E-state index contributed by atoms with van der Waals surface area (Å²) in [5, 5.41) is 8.91.